The lowest BCUT2D eigenvalue weighted by Gasteiger charge is -2.26. The van der Waals surface area contributed by atoms with E-state index in [0.717, 1.165) is 30.1 Å². The first-order valence-corrected chi connectivity index (χ1v) is 14.4. The lowest BCUT2D eigenvalue weighted by Crippen LogP contribution is -2.43. The van der Waals surface area contributed by atoms with Crippen molar-refractivity contribution in [2.75, 3.05) is 6.61 Å². The van der Waals surface area contributed by atoms with Gasteiger partial charge < -0.3 is 10.1 Å². The molecular formula is C32H52N2O2. The summed E-state index contributed by atoms with van der Waals surface area (Å²) in [4.78, 5) is 16.6. The predicted octanol–water partition coefficient (Wildman–Crippen LogP) is 8.50. The van der Waals surface area contributed by atoms with Gasteiger partial charge in [-0.15, -0.1) is 0 Å². The molecule has 202 valence electrons. The fourth-order valence-electron chi connectivity index (χ4n) is 4.34. The standard InChI is InChI=1S/C25H34N2O2.C5H12.C2H6/c1-4-7-18(2)8-5-6-9-20-11-12-21-15-22(17-29-24(21)14-20)27-25(28)23-13-10-19(3)16-26-23;1-3-5-4-2;1-2/h10-14,16,18,22H,4-9,15,17H2,1-3H3,(H,27,28);3-5H2,1-2H3;1-2H3. The molecule has 3 rings (SSSR count). The van der Waals surface area contributed by atoms with Gasteiger partial charge >= 0.3 is 0 Å². The molecule has 1 aromatic heterocycles. The summed E-state index contributed by atoms with van der Waals surface area (Å²) in [5.41, 5.74) is 4.00. The van der Waals surface area contributed by atoms with E-state index >= 15 is 0 Å². The summed E-state index contributed by atoms with van der Waals surface area (Å²) in [5.74, 6) is 1.67. The van der Waals surface area contributed by atoms with Crippen molar-refractivity contribution in [3.63, 3.8) is 0 Å². The first-order chi connectivity index (χ1) is 17.5. The highest BCUT2D eigenvalue weighted by Crippen LogP contribution is 2.27. The number of carbonyl (C=O) groups excluding carboxylic acids is 1. The minimum atomic E-state index is -0.143. The third-order valence-corrected chi connectivity index (χ3v) is 6.42. The quantitative estimate of drug-likeness (QED) is 0.317. The zero-order valence-electron chi connectivity index (χ0n) is 24.2. The first-order valence-electron chi connectivity index (χ1n) is 14.4. The number of amides is 1. The molecule has 2 aromatic rings. The number of fused-ring (bicyclic) bond motifs is 1. The van der Waals surface area contributed by atoms with Crippen molar-refractivity contribution >= 4 is 5.91 Å². The Kier molecular flexibility index (Phi) is 16.6. The van der Waals surface area contributed by atoms with Gasteiger partial charge in [-0.1, -0.05) is 105 Å². The van der Waals surface area contributed by atoms with Crippen LogP contribution in [-0.4, -0.2) is 23.5 Å². The van der Waals surface area contributed by atoms with Crippen molar-refractivity contribution in [3.8, 4) is 5.75 Å². The molecule has 0 bridgehead atoms. The van der Waals surface area contributed by atoms with Gasteiger partial charge in [0.1, 0.15) is 18.1 Å². The number of nitrogens with one attached hydrogen (secondary N) is 1. The SMILES string of the molecule is CC.CCCC(C)CCCCc1ccc2c(c1)OCC(NC(=O)c1ccc(C)cn1)C2.CCCCC. The van der Waals surface area contributed by atoms with Crippen LogP contribution >= 0.6 is 0 Å². The number of benzene rings is 1. The van der Waals surface area contributed by atoms with E-state index in [2.05, 4.69) is 56.2 Å². The van der Waals surface area contributed by atoms with Gasteiger partial charge in [-0.2, -0.15) is 0 Å². The molecule has 1 aliphatic rings. The van der Waals surface area contributed by atoms with E-state index in [9.17, 15) is 4.79 Å². The van der Waals surface area contributed by atoms with Crippen LogP contribution in [0.3, 0.4) is 0 Å². The van der Waals surface area contributed by atoms with E-state index in [1.807, 2.05) is 26.8 Å². The molecule has 2 heterocycles. The fraction of sp³-hybridized carbons (Fsp3) is 0.625. The summed E-state index contributed by atoms with van der Waals surface area (Å²) in [6, 6.07) is 10.2. The van der Waals surface area contributed by atoms with E-state index in [0.29, 0.717) is 12.3 Å². The number of unbranched alkanes of at least 4 members (excludes halogenated alkanes) is 3. The topological polar surface area (TPSA) is 51.2 Å². The van der Waals surface area contributed by atoms with E-state index < -0.39 is 0 Å². The van der Waals surface area contributed by atoms with Crippen molar-refractivity contribution in [1.29, 1.82) is 0 Å². The Hall–Kier alpha value is -2.36. The molecule has 0 radical (unpaired) electrons. The van der Waals surface area contributed by atoms with E-state index in [1.165, 1.54) is 62.5 Å². The Bertz CT molecular complexity index is 846. The van der Waals surface area contributed by atoms with Crippen LogP contribution in [0.15, 0.2) is 36.5 Å². The number of aromatic nitrogens is 1. The molecule has 0 saturated carbocycles. The highest BCUT2D eigenvalue weighted by molar-refractivity contribution is 5.92. The highest BCUT2D eigenvalue weighted by atomic mass is 16.5. The molecule has 1 aromatic carbocycles. The summed E-state index contributed by atoms with van der Waals surface area (Å²) in [5, 5.41) is 3.05. The molecule has 2 unspecified atom stereocenters. The monoisotopic (exact) mass is 496 g/mol. The number of nitrogens with zero attached hydrogens (tertiary/aromatic N) is 1. The number of carbonyl (C=O) groups is 1. The molecule has 0 fully saturated rings. The van der Waals surface area contributed by atoms with Gasteiger partial charge in [-0.05, 0) is 60.9 Å². The molecule has 1 aliphatic heterocycles. The maximum absolute atomic E-state index is 12.4. The maximum atomic E-state index is 12.4. The number of aryl methyl sites for hydroxylation is 2. The maximum Gasteiger partial charge on any atom is 0.270 e. The molecule has 1 amide bonds. The minimum Gasteiger partial charge on any atom is -0.491 e. The third kappa shape index (κ3) is 12.1. The normalized spacial score (nSPS) is 14.7. The fourth-order valence-corrected chi connectivity index (χ4v) is 4.34. The average molecular weight is 497 g/mol. The van der Waals surface area contributed by atoms with Crippen molar-refractivity contribution in [2.45, 2.75) is 119 Å². The van der Waals surface area contributed by atoms with Crippen molar-refractivity contribution < 1.29 is 9.53 Å². The van der Waals surface area contributed by atoms with Crippen molar-refractivity contribution in [3.05, 3.63) is 58.9 Å². The Morgan fingerprint density at radius 1 is 1.03 bits per heavy atom. The second-order valence-corrected chi connectivity index (χ2v) is 9.84. The summed E-state index contributed by atoms with van der Waals surface area (Å²) >= 11 is 0. The van der Waals surface area contributed by atoms with Crippen molar-refractivity contribution in [2.24, 2.45) is 5.92 Å². The van der Waals surface area contributed by atoms with Crippen LogP contribution in [0, 0.1) is 12.8 Å². The molecular weight excluding hydrogens is 444 g/mol. The van der Waals surface area contributed by atoms with Gasteiger partial charge in [-0.3, -0.25) is 9.78 Å². The zero-order valence-corrected chi connectivity index (χ0v) is 24.2. The van der Waals surface area contributed by atoms with Gasteiger partial charge in [-0.25, -0.2) is 0 Å². The summed E-state index contributed by atoms with van der Waals surface area (Å²) < 4.78 is 5.97. The average Bonchev–Trinajstić information content (AvgIpc) is 2.89. The van der Waals surface area contributed by atoms with Gasteiger partial charge in [0.05, 0.1) is 6.04 Å². The van der Waals surface area contributed by atoms with Crippen LogP contribution in [0.4, 0.5) is 0 Å². The van der Waals surface area contributed by atoms with E-state index in [1.54, 1.807) is 12.3 Å². The molecule has 36 heavy (non-hydrogen) atoms. The van der Waals surface area contributed by atoms with Crippen LogP contribution in [-0.2, 0) is 12.8 Å². The second kappa shape index (κ2) is 18.8. The lowest BCUT2D eigenvalue weighted by molar-refractivity contribution is 0.0910. The van der Waals surface area contributed by atoms with Crippen molar-refractivity contribution in [1.82, 2.24) is 10.3 Å². The Morgan fingerprint density at radius 2 is 1.78 bits per heavy atom. The van der Waals surface area contributed by atoms with Crippen LogP contribution in [0.2, 0.25) is 0 Å². The Morgan fingerprint density at radius 3 is 2.39 bits per heavy atom. The molecule has 2 atom stereocenters. The minimum absolute atomic E-state index is 0.0241. The molecule has 1 N–H and O–H groups in total. The summed E-state index contributed by atoms with van der Waals surface area (Å²) in [7, 11) is 0. The molecule has 0 saturated heterocycles. The third-order valence-electron chi connectivity index (χ3n) is 6.42. The number of hydrogen-bond acceptors (Lipinski definition) is 3. The predicted molar refractivity (Wildman–Crippen MR) is 154 cm³/mol. The summed E-state index contributed by atoms with van der Waals surface area (Å²) in [6.07, 6.45) is 14.2. The number of ether oxygens (including phenoxy) is 1. The number of rotatable bonds is 11. The highest BCUT2D eigenvalue weighted by Gasteiger charge is 2.22. The van der Waals surface area contributed by atoms with Crippen LogP contribution in [0.5, 0.6) is 5.75 Å². The molecule has 4 heteroatoms. The largest absolute Gasteiger partial charge is 0.491 e. The van der Waals surface area contributed by atoms with E-state index in [-0.39, 0.29) is 11.9 Å². The zero-order chi connectivity index (χ0) is 26.8. The number of hydrogen-bond donors (Lipinski definition) is 1. The van der Waals surface area contributed by atoms with Gasteiger partial charge in [0.25, 0.3) is 5.91 Å². The lowest BCUT2D eigenvalue weighted by atomic mass is 9.96. The van der Waals surface area contributed by atoms with Gasteiger partial charge in [0.2, 0.25) is 0 Å². The van der Waals surface area contributed by atoms with Crippen LogP contribution in [0.25, 0.3) is 0 Å². The van der Waals surface area contributed by atoms with Crippen LogP contribution in [0.1, 0.15) is 120 Å². The van der Waals surface area contributed by atoms with E-state index in [4.69, 9.17) is 4.74 Å². The molecule has 4 nitrogen and oxygen atoms in total. The molecule has 0 aliphatic carbocycles. The molecule has 0 spiro atoms. The van der Waals surface area contributed by atoms with Gasteiger partial charge in [0.15, 0.2) is 0 Å². The van der Waals surface area contributed by atoms with Gasteiger partial charge in [0, 0.05) is 6.20 Å². The Labute approximate surface area is 221 Å². The van der Waals surface area contributed by atoms with Crippen LogP contribution < -0.4 is 10.1 Å². The summed E-state index contributed by atoms with van der Waals surface area (Å²) in [6.45, 7) is 15.5. The number of pyridine rings is 1. The first kappa shape index (κ1) is 31.7. The second-order valence-electron chi connectivity index (χ2n) is 9.84. The Balaban J connectivity index is 0.000000826. The smallest absolute Gasteiger partial charge is 0.270 e.